The van der Waals surface area contributed by atoms with Gasteiger partial charge in [-0.25, -0.2) is 9.59 Å². The van der Waals surface area contributed by atoms with E-state index in [0.717, 1.165) is 44.9 Å². The maximum Gasteiger partial charge on any atom is 0.417 e. The molecule has 4 rings (SSSR count). The average molecular weight is 389 g/mol. The van der Waals surface area contributed by atoms with Crippen LogP contribution in [0.3, 0.4) is 0 Å². The summed E-state index contributed by atoms with van der Waals surface area (Å²) in [4.78, 5) is 35.8. The van der Waals surface area contributed by atoms with Crippen LogP contribution in [0.5, 0.6) is 0 Å². The van der Waals surface area contributed by atoms with Crippen molar-refractivity contribution in [3.63, 3.8) is 0 Å². The Labute approximate surface area is 167 Å². The van der Waals surface area contributed by atoms with Crippen molar-refractivity contribution >= 4 is 17.7 Å². The monoisotopic (exact) mass is 388 g/mol. The van der Waals surface area contributed by atoms with Crippen LogP contribution >= 0.6 is 0 Å². The van der Waals surface area contributed by atoms with Gasteiger partial charge in [0.05, 0.1) is 6.61 Å². The van der Waals surface area contributed by atoms with E-state index >= 15 is 0 Å². The number of ether oxygens (including phenoxy) is 2. The molecular formula is C23H32O5. The number of esters is 2. The van der Waals surface area contributed by atoms with Crippen LogP contribution in [0.15, 0.2) is 11.6 Å². The number of rotatable bonds is 2. The second-order valence-electron chi connectivity index (χ2n) is 9.71. The molecule has 0 heterocycles. The van der Waals surface area contributed by atoms with Crippen molar-refractivity contribution in [2.75, 3.05) is 6.61 Å². The minimum Gasteiger partial charge on any atom is -0.458 e. The van der Waals surface area contributed by atoms with Crippen LogP contribution in [0.2, 0.25) is 0 Å². The van der Waals surface area contributed by atoms with E-state index in [9.17, 15) is 14.4 Å². The average Bonchev–Trinajstić information content (AvgIpc) is 2.99. The lowest BCUT2D eigenvalue weighted by atomic mass is 9.47. The Morgan fingerprint density at radius 1 is 1.04 bits per heavy atom. The fraction of sp³-hybridized carbons (Fsp3) is 0.783. The molecule has 5 nitrogen and oxygen atoms in total. The third kappa shape index (κ3) is 2.93. The predicted octanol–water partition coefficient (Wildman–Crippen LogP) is 3.99. The number of carbonyl (C=O) groups is 3. The maximum absolute atomic E-state index is 12.1. The van der Waals surface area contributed by atoms with E-state index in [0.29, 0.717) is 30.0 Å². The molecule has 0 aromatic rings. The lowest BCUT2D eigenvalue weighted by molar-refractivity contribution is -0.176. The molecule has 0 aromatic carbocycles. The summed E-state index contributed by atoms with van der Waals surface area (Å²) in [5, 5.41) is 0. The molecular weight excluding hydrogens is 356 g/mol. The Balaban J connectivity index is 1.52. The topological polar surface area (TPSA) is 69.7 Å². The van der Waals surface area contributed by atoms with Crippen LogP contribution in [-0.4, -0.2) is 30.4 Å². The van der Waals surface area contributed by atoms with Crippen LogP contribution in [0.4, 0.5) is 0 Å². The Hall–Kier alpha value is -1.65. The van der Waals surface area contributed by atoms with E-state index in [4.69, 9.17) is 9.47 Å². The summed E-state index contributed by atoms with van der Waals surface area (Å²) in [5.41, 5.74) is 1.46. The number of hydrogen-bond acceptors (Lipinski definition) is 5. The van der Waals surface area contributed by atoms with Crippen molar-refractivity contribution in [1.82, 2.24) is 0 Å². The van der Waals surface area contributed by atoms with Gasteiger partial charge in [-0.2, -0.15) is 0 Å². The summed E-state index contributed by atoms with van der Waals surface area (Å²) in [7, 11) is 0. The fourth-order valence-corrected chi connectivity index (χ4v) is 7.07. The summed E-state index contributed by atoms with van der Waals surface area (Å²) < 4.78 is 10.5. The minimum atomic E-state index is -0.880. The van der Waals surface area contributed by atoms with Gasteiger partial charge in [-0.1, -0.05) is 19.4 Å². The molecule has 6 atom stereocenters. The second-order valence-corrected chi connectivity index (χ2v) is 9.71. The van der Waals surface area contributed by atoms with Crippen molar-refractivity contribution in [2.45, 2.75) is 78.2 Å². The van der Waals surface area contributed by atoms with Gasteiger partial charge in [0.1, 0.15) is 6.10 Å². The van der Waals surface area contributed by atoms with Gasteiger partial charge in [0.2, 0.25) is 0 Å². The van der Waals surface area contributed by atoms with Crippen LogP contribution in [0.25, 0.3) is 0 Å². The zero-order valence-electron chi connectivity index (χ0n) is 17.3. The lowest BCUT2D eigenvalue weighted by Gasteiger charge is -2.57. The molecule has 0 aromatic heterocycles. The van der Waals surface area contributed by atoms with Crippen molar-refractivity contribution in [1.29, 1.82) is 0 Å². The Morgan fingerprint density at radius 3 is 2.57 bits per heavy atom. The van der Waals surface area contributed by atoms with Gasteiger partial charge >= 0.3 is 11.9 Å². The molecule has 28 heavy (non-hydrogen) atoms. The van der Waals surface area contributed by atoms with Gasteiger partial charge in [-0.05, 0) is 81.1 Å². The highest BCUT2D eigenvalue weighted by Gasteiger charge is 2.60. The molecule has 5 heteroatoms. The highest BCUT2D eigenvalue weighted by atomic mass is 16.6. The summed E-state index contributed by atoms with van der Waals surface area (Å²) >= 11 is 0. The first-order valence-electron chi connectivity index (χ1n) is 10.9. The molecule has 3 fully saturated rings. The number of hydrogen-bond donors (Lipinski definition) is 0. The number of ketones is 1. The van der Waals surface area contributed by atoms with Crippen LogP contribution < -0.4 is 0 Å². The molecule has 0 radical (unpaired) electrons. The number of fused-ring (bicyclic) bond motifs is 5. The van der Waals surface area contributed by atoms with E-state index in [1.54, 1.807) is 6.92 Å². The second kappa shape index (κ2) is 7.00. The van der Waals surface area contributed by atoms with E-state index in [2.05, 4.69) is 13.8 Å². The number of carbonyl (C=O) groups excluding carboxylic acids is 3. The Bertz CT molecular complexity index is 725. The molecule has 4 aliphatic carbocycles. The number of allylic oxidation sites excluding steroid dienone is 1. The minimum absolute atomic E-state index is 0.0641. The van der Waals surface area contributed by atoms with Gasteiger partial charge in [-0.15, -0.1) is 0 Å². The standard InChI is InChI=1S/C23H32O5/c1-4-27-20(25)21(26)28-19-8-7-17-16-6-5-14-13-15(24)9-11-22(14,2)18(16)10-12-23(17,19)3/h13,16-19H,4-12H2,1-3H3/t16-,17-,18+,19+,22-,23-/m0/s1. The van der Waals surface area contributed by atoms with Crippen molar-refractivity contribution < 1.29 is 23.9 Å². The Morgan fingerprint density at radius 2 is 1.82 bits per heavy atom. The quantitative estimate of drug-likeness (QED) is 0.528. The molecule has 0 amide bonds. The molecule has 154 valence electrons. The van der Waals surface area contributed by atoms with Crippen LogP contribution in [-0.2, 0) is 23.9 Å². The normalized spacial score (nSPS) is 42.0. The SMILES string of the molecule is CCOC(=O)C(=O)O[C@@H]1CC[C@H]2[C@@H]3CCC4=CC(=O)CC[C@]4(C)[C@@H]3CC[C@]12C. The summed E-state index contributed by atoms with van der Waals surface area (Å²) in [5.74, 6) is 0.303. The molecule has 0 bridgehead atoms. The van der Waals surface area contributed by atoms with Gasteiger partial charge in [0.15, 0.2) is 5.78 Å². The van der Waals surface area contributed by atoms with Gasteiger partial charge in [-0.3, -0.25) is 4.79 Å². The van der Waals surface area contributed by atoms with E-state index in [-0.39, 0.29) is 23.5 Å². The van der Waals surface area contributed by atoms with Gasteiger partial charge in [0.25, 0.3) is 0 Å². The zero-order valence-corrected chi connectivity index (χ0v) is 17.3. The first-order valence-corrected chi connectivity index (χ1v) is 10.9. The predicted molar refractivity (Wildman–Crippen MR) is 103 cm³/mol. The summed E-state index contributed by atoms with van der Waals surface area (Å²) in [6.45, 7) is 6.49. The van der Waals surface area contributed by atoms with Crippen LogP contribution in [0.1, 0.15) is 72.1 Å². The zero-order chi connectivity index (χ0) is 20.1. The summed E-state index contributed by atoms with van der Waals surface area (Å²) in [6, 6.07) is 0. The van der Waals surface area contributed by atoms with E-state index < -0.39 is 11.9 Å². The lowest BCUT2D eigenvalue weighted by Crippen LogP contribution is -2.51. The molecule has 0 saturated heterocycles. The fourth-order valence-electron chi connectivity index (χ4n) is 7.07. The molecule has 3 saturated carbocycles. The molecule has 0 aliphatic heterocycles. The summed E-state index contributed by atoms with van der Waals surface area (Å²) in [6.07, 6.45) is 9.51. The van der Waals surface area contributed by atoms with E-state index in [1.807, 2.05) is 6.08 Å². The molecule has 0 N–H and O–H groups in total. The van der Waals surface area contributed by atoms with Crippen molar-refractivity contribution in [2.24, 2.45) is 28.6 Å². The smallest absolute Gasteiger partial charge is 0.417 e. The molecule has 4 aliphatic rings. The highest BCUT2D eigenvalue weighted by molar-refractivity contribution is 6.29. The van der Waals surface area contributed by atoms with Crippen molar-refractivity contribution in [3.05, 3.63) is 11.6 Å². The van der Waals surface area contributed by atoms with Gasteiger partial charge < -0.3 is 9.47 Å². The third-order valence-corrected chi connectivity index (χ3v) is 8.57. The van der Waals surface area contributed by atoms with E-state index in [1.165, 1.54) is 5.57 Å². The van der Waals surface area contributed by atoms with Gasteiger partial charge in [0, 0.05) is 11.8 Å². The largest absolute Gasteiger partial charge is 0.458 e. The molecule has 0 spiro atoms. The molecule has 0 unspecified atom stereocenters. The highest BCUT2D eigenvalue weighted by Crippen LogP contribution is 2.65. The van der Waals surface area contributed by atoms with Crippen LogP contribution in [0, 0.1) is 28.6 Å². The maximum atomic E-state index is 12.1. The third-order valence-electron chi connectivity index (χ3n) is 8.57. The first kappa shape index (κ1) is 19.7. The first-order chi connectivity index (χ1) is 13.3. The Kier molecular flexibility index (Phi) is 4.91. The van der Waals surface area contributed by atoms with Crippen molar-refractivity contribution in [3.8, 4) is 0 Å².